The van der Waals surface area contributed by atoms with Crippen LogP contribution in [0, 0.1) is 0 Å². The number of carbonyl (C=O) groups excluding carboxylic acids is 1. The van der Waals surface area contributed by atoms with Crippen molar-refractivity contribution < 1.29 is 33.2 Å². The van der Waals surface area contributed by atoms with Crippen LogP contribution >= 0.6 is 0 Å². The number of carbonyl (C=O) groups is 1. The fraction of sp³-hybridized carbons (Fsp3) is 0.947. The quantitative estimate of drug-likeness (QED) is 0.428. The molecule has 0 atom stereocenters. The van der Waals surface area contributed by atoms with E-state index in [2.05, 4.69) is 0 Å². The minimum atomic E-state index is -0.778. The van der Waals surface area contributed by atoms with Crippen LogP contribution in [-0.2, 0) is 28.4 Å². The molecule has 0 radical (unpaired) electrons. The lowest BCUT2D eigenvalue weighted by molar-refractivity contribution is -0.101. The molecule has 0 spiro atoms. The van der Waals surface area contributed by atoms with Crippen molar-refractivity contribution in [3.8, 4) is 0 Å². The van der Waals surface area contributed by atoms with Gasteiger partial charge in [-0.25, -0.2) is 4.79 Å². The molecule has 7 nitrogen and oxygen atoms in total. The Hall–Kier alpha value is -0.890. The summed E-state index contributed by atoms with van der Waals surface area (Å²) in [6, 6.07) is 0. The Morgan fingerprint density at radius 1 is 0.538 bits per heavy atom. The Morgan fingerprint density at radius 3 is 0.962 bits per heavy atom. The van der Waals surface area contributed by atoms with E-state index in [0.717, 1.165) is 0 Å². The molecule has 0 bridgehead atoms. The van der Waals surface area contributed by atoms with E-state index in [1.165, 1.54) is 0 Å². The average molecular weight is 379 g/mol. The van der Waals surface area contributed by atoms with Gasteiger partial charge in [-0.15, -0.1) is 0 Å². The maximum Gasteiger partial charge on any atom is 0.509 e. The summed E-state index contributed by atoms with van der Waals surface area (Å²) in [7, 11) is 0. The molecule has 0 aliphatic rings. The molecule has 0 fully saturated rings. The highest BCUT2D eigenvalue weighted by Gasteiger charge is 2.22. The highest BCUT2D eigenvalue weighted by Crippen LogP contribution is 2.07. The van der Waals surface area contributed by atoms with Crippen molar-refractivity contribution in [2.24, 2.45) is 0 Å². The molecule has 26 heavy (non-hydrogen) atoms. The van der Waals surface area contributed by atoms with Crippen LogP contribution < -0.4 is 0 Å². The fourth-order valence-corrected chi connectivity index (χ4v) is 1.73. The Morgan fingerprint density at radius 2 is 0.769 bits per heavy atom. The second-order valence-electron chi connectivity index (χ2n) is 7.26. The first-order valence-electron chi connectivity index (χ1n) is 9.43. The number of ether oxygens (including phenoxy) is 6. The molecular weight excluding hydrogens is 340 g/mol. The summed E-state index contributed by atoms with van der Waals surface area (Å²) in [4.78, 5) is 12.2. The normalized spacial score (nSPS) is 12.2. The second kappa shape index (κ2) is 14.2. The van der Waals surface area contributed by atoms with Crippen LogP contribution in [0.15, 0.2) is 0 Å². The summed E-state index contributed by atoms with van der Waals surface area (Å²) in [5.74, 6) is 0. The van der Waals surface area contributed by atoms with Gasteiger partial charge >= 0.3 is 6.16 Å². The highest BCUT2D eigenvalue weighted by molar-refractivity contribution is 5.60. The van der Waals surface area contributed by atoms with Gasteiger partial charge in [-0.05, 0) is 55.4 Å². The van der Waals surface area contributed by atoms with Gasteiger partial charge in [0.25, 0.3) is 0 Å². The molecular formula is C19H38O7. The van der Waals surface area contributed by atoms with E-state index in [4.69, 9.17) is 28.4 Å². The van der Waals surface area contributed by atoms with E-state index in [-0.39, 0.29) is 50.8 Å². The van der Waals surface area contributed by atoms with Gasteiger partial charge in [0.1, 0.15) is 0 Å². The molecule has 7 heteroatoms. The van der Waals surface area contributed by atoms with Gasteiger partial charge in [0.2, 0.25) is 0 Å². The third kappa shape index (κ3) is 15.4. The van der Waals surface area contributed by atoms with Gasteiger partial charge in [-0.2, -0.15) is 0 Å². The zero-order valence-electron chi connectivity index (χ0n) is 17.7. The second-order valence-corrected chi connectivity index (χ2v) is 7.26. The lowest BCUT2D eigenvalue weighted by Crippen LogP contribution is -2.35. The first-order valence-corrected chi connectivity index (χ1v) is 9.43. The lowest BCUT2D eigenvalue weighted by atomic mass is 10.3. The monoisotopic (exact) mass is 378 g/mol. The minimum Gasteiger partial charge on any atom is -0.426 e. The summed E-state index contributed by atoms with van der Waals surface area (Å²) in [6.45, 7) is 16.3. The van der Waals surface area contributed by atoms with E-state index < -0.39 is 18.4 Å². The SMILES string of the molecule is CC(C)OCC(COC(C)C)OC(=O)OC(COC(C)C)COC(C)C. The third-order valence-corrected chi connectivity index (χ3v) is 2.99. The maximum absolute atomic E-state index is 12.2. The van der Waals surface area contributed by atoms with Gasteiger partial charge in [0.15, 0.2) is 12.2 Å². The Balaban J connectivity index is 4.60. The molecule has 0 aliphatic carbocycles. The molecule has 0 unspecified atom stereocenters. The van der Waals surface area contributed by atoms with E-state index in [9.17, 15) is 4.79 Å². The van der Waals surface area contributed by atoms with Crippen LogP contribution in [0.5, 0.6) is 0 Å². The molecule has 0 heterocycles. The van der Waals surface area contributed by atoms with Crippen LogP contribution in [0.2, 0.25) is 0 Å². The molecule has 0 rings (SSSR count). The fourth-order valence-electron chi connectivity index (χ4n) is 1.73. The van der Waals surface area contributed by atoms with Gasteiger partial charge in [-0.3, -0.25) is 0 Å². The third-order valence-electron chi connectivity index (χ3n) is 2.99. The Labute approximate surface area is 158 Å². The zero-order chi connectivity index (χ0) is 20.1. The first kappa shape index (κ1) is 25.1. The van der Waals surface area contributed by atoms with Crippen LogP contribution in [0.4, 0.5) is 4.79 Å². The molecule has 0 aliphatic heterocycles. The molecule has 0 N–H and O–H groups in total. The summed E-state index contributed by atoms with van der Waals surface area (Å²) in [6.07, 6.45) is -1.73. The molecule has 0 aromatic heterocycles. The number of rotatable bonds is 14. The molecule has 0 saturated carbocycles. The maximum atomic E-state index is 12.2. The van der Waals surface area contributed by atoms with E-state index in [1.54, 1.807) is 0 Å². The Bertz CT molecular complexity index is 300. The zero-order valence-corrected chi connectivity index (χ0v) is 17.7. The van der Waals surface area contributed by atoms with Gasteiger partial charge in [0, 0.05) is 0 Å². The van der Waals surface area contributed by atoms with Crippen LogP contribution in [0.1, 0.15) is 55.4 Å². The van der Waals surface area contributed by atoms with Crippen molar-refractivity contribution in [2.75, 3.05) is 26.4 Å². The van der Waals surface area contributed by atoms with Crippen molar-refractivity contribution in [1.29, 1.82) is 0 Å². The molecule has 0 saturated heterocycles. The van der Waals surface area contributed by atoms with Crippen LogP contribution in [0.3, 0.4) is 0 Å². The highest BCUT2D eigenvalue weighted by atomic mass is 16.7. The van der Waals surface area contributed by atoms with Gasteiger partial charge in [-0.1, -0.05) is 0 Å². The smallest absolute Gasteiger partial charge is 0.426 e. The average Bonchev–Trinajstić information content (AvgIpc) is 2.52. The number of hydrogen-bond donors (Lipinski definition) is 0. The predicted octanol–water partition coefficient (Wildman–Crippen LogP) is 3.58. The van der Waals surface area contributed by atoms with Crippen LogP contribution in [0.25, 0.3) is 0 Å². The molecule has 0 amide bonds. The predicted molar refractivity (Wildman–Crippen MR) is 99.5 cm³/mol. The standard InChI is InChI=1S/C19H38O7/c1-13(2)21-9-17(10-22-14(3)4)25-19(20)26-18(11-23-15(5)6)12-24-16(7)8/h13-18H,9-12H2,1-8H3. The van der Waals surface area contributed by atoms with Crippen molar-refractivity contribution in [2.45, 2.75) is 92.0 Å². The summed E-state index contributed by atoms with van der Waals surface area (Å²) >= 11 is 0. The van der Waals surface area contributed by atoms with Gasteiger partial charge < -0.3 is 28.4 Å². The molecule has 0 aromatic rings. The number of hydrogen-bond acceptors (Lipinski definition) is 7. The minimum absolute atomic E-state index is 0.0304. The van der Waals surface area contributed by atoms with Crippen LogP contribution in [-0.4, -0.2) is 69.2 Å². The van der Waals surface area contributed by atoms with Crippen molar-refractivity contribution in [3.05, 3.63) is 0 Å². The van der Waals surface area contributed by atoms with Crippen molar-refractivity contribution >= 4 is 6.16 Å². The summed E-state index contributed by atoms with van der Waals surface area (Å²) in [5.41, 5.74) is 0. The van der Waals surface area contributed by atoms with E-state index in [0.29, 0.717) is 0 Å². The largest absolute Gasteiger partial charge is 0.509 e. The van der Waals surface area contributed by atoms with E-state index >= 15 is 0 Å². The van der Waals surface area contributed by atoms with Gasteiger partial charge in [0.05, 0.1) is 50.8 Å². The van der Waals surface area contributed by atoms with Crippen molar-refractivity contribution in [1.82, 2.24) is 0 Å². The molecule has 156 valence electrons. The summed E-state index contributed by atoms with van der Waals surface area (Å²) in [5, 5.41) is 0. The first-order chi connectivity index (χ1) is 12.1. The van der Waals surface area contributed by atoms with Crippen molar-refractivity contribution in [3.63, 3.8) is 0 Å². The Kier molecular flexibility index (Phi) is 13.7. The summed E-state index contributed by atoms with van der Waals surface area (Å²) < 4.78 is 32.9. The van der Waals surface area contributed by atoms with E-state index in [1.807, 2.05) is 55.4 Å². The topological polar surface area (TPSA) is 72.5 Å². The lowest BCUT2D eigenvalue weighted by Gasteiger charge is -2.23. The molecule has 0 aromatic carbocycles.